The van der Waals surface area contributed by atoms with Crippen LogP contribution in [0.15, 0.2) is 12.3 Å². The number of fused-ring (bicyclic) bond motifs is 1. The van der Waals surface area contributed by atoms with Crippen molar-refractivity contribution in [3.63, 3.8) is 0 Å². The van der Waals surface area contributed by atoms with Crippen molar-refractivity contribution in [2.45, 2.75) is 19.3 Å². The van der Waals surface area contributed by atoms with Crippen LogP contribution in [-0.4, -0.2) is 4.98 Å². The Kier molecular flexibility index (Phi) is 1.53. The van der Waals surface area contributed by atoms with Gasteiger partial charge in [-0.1, -0.05) is 0 Å². The number of hydrogen-bond donors (Lipinski definition) is 1. The zero-order valence-electron chi connectivity index (χ0n) is 6.38. The molecule has 57 valence electrons. The summed E-state index contributed by atoms with van der Waals surface area (Å²) in [6.07, 6.45) is 7.34. The van der Waals surface area contributed by atoms with Crippen LogP contribution in [0, 0.1) is 6.42 Å². The van der Waals surface area contributed by atoms with Gasteiger partial charge in [-0.05, 0) is 42.9 Å². The molecule has 1 aliphatic rings. The van der Waals surface area contributed by atoms with E-state index in [4.69, 9.17) is 5.73 Å². The van der Waals surface area contributed by atoms with Crippen molar-refractivity contribution < 1.29 is 0 Å². The maximum Gasteiger partial charge on any atom is 0.126 e. The maximum absolute atomic E-state index is 5.72. The third-order valence-corrected chi connectivity index (χ3v) is 2.15. The Morgan fingerprint density at radius 2 is 2.36 bits per heavy atom. The van der Waals surface area contributed by atoms with E-state index in [1.807, 2.05) is 0 Å². The van der Waals surface area contributed by atoms with E-state index >= 15 is 0 Å². The molecule has 1 aliphatic carbocycles. The molecule has 2 rings (SSSR count). The first-order valence-corrected chi connectivity index (χ1v) is 3.92. The number of pyridine rings is 1. The predicted molar refractivity (Wildman–Crippen MR) is 45.0 cm³/mol. The summed E-state index contributed by atoms with van der Waals surface area (Å²) in [5.74, 6) is 0.718. The lowest BCUT2D eigenvalue weighted by Crippen LogP contribution is -2.07. The van der Waals surface area contributed by atoms with Gasteiger partial charge >= 0.3 is 0 Å². The van der Waals surface area contributed by atoms with Crippen LogP contribution >= 0.6 is 0 Å². The number of nitrogen functional groups attached to an aromatic ring is 1. The second kappa shape index (κ2) is 2.53. The van der Waals surface area contributed by atoms with Crippen molar-refractivity contribution in [2.24, 2.45) is 0 Å². The molecule has 2 heteroatoms. The third kappa shape index (κ3) is 1.09. The normalized spacial score (nSPS) is 16.0. The van der Waals surface area contributed by atoms with Gasteiger partial charge in [0.05, 0.1) is 0 Å². The number of aromatic nitrogens is 1. The largest absolute Gasteiger partial charge is 0.383 e. The lowest BCUT2D eigenvalue weighted by molar-refractivity contribution is 0.825. The fraction of sp³-hybridized carbons (Fsp3) is 0.333. The molecule has 0 fully saturated rings. The molecule has 1 aromatic heterocycles. The third-order valence-electron chi connectivity index (χ3n) is 2.15. The molecule has 1 heterocycles. The van der Waals surface area contributed by atoms with Crippen molar-refractivity contribution in [3.05, 3.63) is 29.8 Å². The lowest BCUT2D eigenvalue weighted by Gasteiger charge is -2.15. The van der Waals surface area contributed by atoms with Crippen LogP contribution in [-0.2, 0) is 12.8 Å². The van der Waals surface area contributed by atoms with Gasteiger partial charge in [-0.2, -0.15) is 0 Å². The van der Waals surface area contributed by atoms with Crippen molar-refractivity contribution in [1.82, 2.24) is 4.98 Å². The first-order chi connectivity index (χ1) is 5.38. The van der Waals surface area contributed by atoms with E-state index in [1.54, 1.807) is 6.20 Å². The fourth-order valence-corrected chi connectivity index (χ4v) is 1.53. The smallest absolute Gasteiger partial charge is 0.126 e. The van der Waals surface area contributed by atoms with Gasteiger partial charge in [-0.25, -0.2) is 4.98 Å². The van der Waals surface area contributed by atoms with Gasteiger partial charge in [0.25, 0.3) is 0 Å². The van der Waals surface area contributed by atoms with Crippen LogP contribution in [0.25, 0.3) is 0 Å². The van der Waals surface area contributed by atoms with E-state index in [0.717, 1.165) is 25.1 Å². The summed E-state index contributed by atoms with van der Waals surface area (Å²) in [6.45, 7) is 0. The molecule has 0 amide bonds. The van der Waals surface area contributed by atoms with Gasteiger partial charge in [0, 0.05) is 6.20 Å². The van der Waals surface area contributed by atoms with E-state index < -0.39 is 0 Å². The van der Waals surface area contributed by atoms with Crippen LogP contribution in [0.3, 0.4) is 0 Å². The summed E-state index contributed by atoms with van der Waals surface area (Å²) in [6, 6.07) is 2.06. The molecule has 2 N–H and O–H groups in total. The quantitative estimate of drug-likeness (QED) is 0.601. The molecule has 1 radical (unpaired) electrons. The van der Waals surface area contributed by atoms with E-state index in [0.29, 0.717) is 0 Å². The Hall–Kier alpha value is -1.05. The van der Waals surface area contributed by atoms with E-state index in [1.165, 1.54) is 11.1 Å². The molecule has 1 aromatic rings. The molecule has 0 bridgehead atoms. The highest BCUT2D eigenvalue weighted by Crippen LogP contribution is 2.23. The summed E-state index contributed by atoms with van der Waals surface area (Å²) in [7, 11) is 0. The molecule has 11 heavy (non-hydrogen) atoms. The summed E-state index contributed by atoms with van der Waals surface area (Å²) < 4.78 is 0. The highest BCUT2D eigenvalue weighted by molar-refractivity contribution is 5.46. The summed E-state index contributed by atoms with van der Waals surface area (Å²) in [5.41, 5.74) is 8.33. The molecule has 0 saturated carbocycles. The van der Waals surface area contributed by atoms with Crippen LogP contribution in [0.2, 0.25) is 0 Å². The van der Waals surface area contributed by atoms with Crippen molar-refractivity contribution in [1.29, 1.82) is 0 Å². The zero-order valence-corrected chi connectivity index (χ0v) is 6.38. The Morgan fingerprint density at radius 1 is 1.45 bits per heavy atom. The number of hydrogen-bond acceptors (Lipinski definition) is 2. The van der Waals surface area contributed by atoms with Crippen LogP contribution < -0.4 is 5.73 Å². The number of nitrogens with two attached hydrogens (primary N) is 1. The Balaban J connectivity index is 2.49. The number of anilines is 1. The number of nitrogens with zero attached hydrogens (tertiary/aromatic N) is 1. The average molecular weight is 147 g/mol. The van der Waals surface area contributed by atoms with Crippen LogP contribution in [0.1, 0.15) is 17.5 Å². The number of rotatable bonds is 0. The van der Waals surface area contributed by atoms with Gasteiger partial charge in [-0.15, -0.1) is 0 Å². The lowest BCUT2D eigenvalue weighted by atomic mass is 9.93. The minimum atomic E-state index is 0.718. The molecule has 2 nitrogen and oxygen atoms in total. The van der Waals surface area contributed by atoms with Gasteiger partial charge in [0.15, 0.2) is 0 Å². The summed E-state index contributed by atoms with van der Waals surface area (Å²) in [5, 5.41) is 0. The minimum Gasteiger partial charge on any atom is -0.383 e. The van der Waals surface area contributed by atoms with Gasteiger partial charge in [0.2, 0.25) is 0 Å². The predicted octanol–water partition coefficient (Wildman–Crippen LogP) is 1.36. The zero-order chi connectivity index (χ0) is 7.68. The second-order valence-electron chi connectivity index (χ2n) is 2.87. The first kappa shape index (κ1) is 6.65. The molecule has 0 atom stereocenters. The minimum absolute atomic E-state index is 0.718. The topological polar surface area (TPSA) is 38.9 Å². The standard InChI is InChI=1S/C9H11N2/c10-9-8-4-2-1-3-7(8)5-6-11-9/h1,5-6H,2-4H2,(H2,10,11). The molecular weight excluding hydrogens is 136 g/mol. The molecule has 0 saturated heterocycles. The molecule has 0 unspecified atom stereocenters. The van der Waals surface area contributed by atoms with Crippen molar-refractivity contribution in [3.8, 4) is 0 Å². The molecular formula is C9H11N2. The summed E-state index contributed by atoms with van der Waals surface area (Å²) in [4.78, 5) is 4.06. The van der Waals surface area contributed by atoms with E-state index in [-0.39, 0.29) is 0 Å². The van der Waals surface area contributed by atoms with Crippen molar-refractivity contribution in [2.75, 3.05) is 5.73 Å². The SMILES string of the molecule is Nc1nccc2c1CC[CH]C2. The Labute approximate surface area is 66.4 Å². The Bertz CT molecular complexity index is 268. The van der Waals surface area contributed by atoms with Crippen molar-refractivity contribution >= 4 is 5.82 Å². The maximum atomic E-state index is 5.72. The highest BCUT2D eigenvalue weighted by Gasteiger charge is 2.11. The summed E-state index contributed by atoms with van der Waals surface area (Å²) >= 11 is 0. The van der Waals surface area contributed by atoms with Gasteiger partial charge in [0.1, 0.15) is 5.82 Å². The van der Waals surface area contributed by atoms with E-state index in [9.17, 15) is 0 Å². The van der Waals surface area contributed by atoms with Crippen LogP contribution in [0.4, 0.5) is 5.82 Å². The molecule has 0 aromatic carbocycles. The molecule has 0 aliphatic heterocycles. The van der Waals surface area contributed by atoms with E-state index in [2.05, 4.69) is 17.5 Å². The fourth-order valence-electron chi connectivity index (χ4n) is 1.53. The second-order valence-corrected chi connectivity index (χ2v) is 2.87. The monoisotopic (exact) mass is 147 g/mol. The van der Waals surface area contributed by atoms with Gasteiger partial charge in [-0.3, -0.25) is 0 Å². The van der Waals surface area contributed by atoms with Gasteiger partial charge < -0.3 is 5.73 Å². The van der Waals surface area contributed by atoms with Crippen LogP contribution in [0.5, 0.6) is 0 Å². The Morgan fingerprint density at radius 3 is 3.18 bits per heavy atom. The highest BCUT2D eigenvalue weighted by atomic mass is 14.8. The first-order valence-electron chi connectivity index (χ1n) is 3.92. The molecule has 0 spiro atoms. The average Bonchev–Trinajstić information content (AvgIpc) is 2.06.